The number of amides is 1. The van der Waals surface area contributed by atoms with Crippen molar-refractivity contribution >= 4 is 16.9 Å². The number of aryl methyl sites for hydroxylation is 1. The largest absolute Gasteiger partial charge is 0.505 e. The number of hydrogen-bond donors (Lipinski definition) is 3. The zero-order valence-electron chi connectivity index (χ0n) is 16.1. The van der Waals surface area contributed by atoms with Crippen LogP contribution in [0.2, 0.25) is 0 Å². The fourth-order valence-corrected chi connectivity index (χ4v) is 3.13. The molecule has 2 aromatic heterocycles. The van der Waals surface area contributed by atoms with Crippen molar-refractivity contribution in [1.82, 2.24) is 14.9 Å². The average Bonchev–Trinajstić information content (AvgIpc) is 2.68. The first-order valence-electron chi connectivity index (χ1n) is 9.27. The number of aromatic hydroxyl groups is 1. The van der Waals surface area contributed by atoms with Crippen molar-refractivity contribution in [3.8, 4) is 5.75 Å². The van der Waals surface area contributed by atoms with Crippen LogP contribution in [-0.2, 0) is 13.0 Å². The molecular formula is C21H22FN3O4. The van der Waals surface area contributed by atoms with E-state index in [-0.39, 0.29) is 24.4 Å². The summed E-state index contributed by atoms with van der Waals surface area (Å²) in [5.74, 6) is -1.59. The molecule has 3 rings (SSSR count). The zero-order chi connectivity index (χ0) is 21.1. The number of rotatable bonds is 6. The van der Waals surface area contributed by atoms with Crippen LogP contribution in [0, 0.1) is 5.82 Å². The van der Waals surface area contributed by atoms with Gasteiger partial charge in [0.15, 0.2) is 5.75 Å². The van der Waals surface area contributed by atoms with Gasteiger partial charge in [-0.25, -0.2) is 4.39 Å². The number of aliphatic hydroxyl groups excluding tert-OH is 1. The van der Waals surface area contributed by atoms with Gasteiger partial charge >= 0.3 is 0 Å². The van der Waals surface area contributed by atoms with Gasteiger partial charge in [-0.05, 0) is 49.6 Å². The lowest BCUT2D eigenvalue weighted by Gasteiger charge is -2.14. The van der Waals surface area contributed by atoms with Gasteiger partial charge in [0.2, 0.25) is 0 Å². The van der Waals surface area contributed by atoms with E-state index in [1.54, 1.807) is 31.3 Å². The summed E-state index contributed by atoms with van der Waals surface area (Å²) < 4.78 is 14.5. The SMILES string of the molecule is CCn1c(=O)c(C(=O)NCC(C)O)c(O)c2ncc(Cc3ccc(F)cc3)cc21. The predicted molar refractivity (Wildman–Crippen MR) is 107 cm³/mol. The van der Waals surface area contributed by atoms with E-state index in [4.69, 9.17) is 0 Å². The lowest BCUT2D eigenvalue weighted by Crippen LogP contribution is -2.36. The summed E-state index contributed by atoms with van der Waals surface area (Å²) in [7, 11) is 0. The number of aliphatic hydroxyl groups is 1. The van der Waals surface area contributed by atoms with Crippen LogP contribution in [0.1, 0.15) is 35.3 Å². The Labute approximate surface area is 166 Å². The number of carbonyl (C=O) groups is 1. The summed E-state index contributed by atoms with van der Waals surface area (Å²) in [5, 5.41) is 22.3. The van der Waals surface area contributed by atoms with Gasteiger partial charge in [0.1, 0.15) is 16.9 Å². The first-order chi connectivity index (χ1) is 13.8. The lowest BCUT2D eigenvalue weighted by atomic mass is 10.1. The van der Waals surface area contributed by atoms with Crippen LogP contribution >= 0.6 is 0 Å². The molecule has 152 valence electrons. The van der Waals surface area contributed by atoms with Crippen LogP contribution in [0.15, 0.2) is 41.3 Å². The second-order valence-corrected chi connectivity index (χ2v) is 6.85. The Morgan fingerprint density at radius 1 is 1.28 bits per heavy atom. The molecule has 3 N–H and O–H groups in total. The van der Waals surface area contributed by atoms with Crippen LogP contribution in [0.5, 0.6) is 5.75 Å². The molecule has 2 heterocycles. The number of benzene rings is 1. The smallest absolute Gasteiger partial charge is 0.267 e. The maximum Gasteiger partial charge on any atom is 0.267 e. The van der Waals surface area contributed by atoms with E-state index in [1.165, 1.54) is 23.6 Å². The molecule has 0 saturated carbocycles. The number of halogens is 1. The third-order valence-electron chi connectivity index (χ3n) is 4.56. The van der Waals surface area contributed by atoms with E-state index < -0.39 is 28.9 Å². The van der Waals surface area contributed by atoms with Crippen molar-refractivity contribution in [2.24, 2.45) is 0 Å². The zero-order valence-corrected chi connectivity index (χ0v) is 16.1. The second-order valence-electron chi connectivity index (χ2n) is 6.85. The summed E-state index contributed by atoms with van der Waals surface area (Å²) in [6.45, 7) is 3.47. The van der Waals surface area contributed by atoms with E-state index in [2.05, 4.69) is 10.3 Å². The van der Waals surface area contributed by atoms with Gasteiger partial charge < -0.3 is 20.1 Å². The summed E-state index contributed by atoms with van der Waals surface area (Å²) in [4.78, 5) is 29.5. The monoisotopic (exact) mass is 399 g/mol. The van der Waals surface area contributed by atoms with Gasteiger partial charge in [-0.3, -0.25) is 14.6 Å². The van der Waals surface area contributed by atoms with E-state index in [9.17, 15) is 24.2 Å². The third-order valence-corrected chi connectivity index (χ3v) is 4.56. The Balaban J connectivity index is 2.06. The highest BCUT2D eigenvalue weighted by Gasteiger charge is 2.23. The number of carbonyl (C=O) groups excluding carboxylic acids is 1. The van der Waals surface area contributed by atoms with Crippen molar-refractivity contribution in [1.29, 1.82) is 0 Å². The standard InChI is InChI=1S/C21H22FN3O4/c1-3-25-16-9-14(8-13-4-6-15(22)7-5-13)11-23-18(16)19(27)17(21(25)29)20(28)24-10-12(2)26/h4-7,9,11-12,26-27H,3,8,10H2,1-2H3,(H,24,28). The van der Waals surface area contributed by atoms with E-state index >= 15 is 0 Å². The number of aromatic nitrogens is 2. The molecule has 7 nitrogen and oxygen atoms in total. The summed E-state index contributed by atoms with van der Waals surface area (Å²) >= 11 is 0. The van der Waals surface area contributed by atoms with Gasteiger partial charge in [-0.1, -0.05) is 12.1 Å². The highest BCUT2D eigenvalue weighted by atomic mass is 19.1. The Morgan fingerprint density at radius 2 is 1.97 bits per heavy atom. The van der Waals surface area contributed by atoms with Crippen molar-refractivity contribution in [3.63, 3.8) is 0 Å². The van der Waals surface area contributed by atoms with E-state index in [0.29, 0.717) is 11.9 Å². The van der Waals surface area contributed by atoms with Gasteiger partial charge in [-0.15, -0.1) is 0 Å². The van der Waals surface area contributed by atoms with Crippen LogP contribution in [0.4, 0.5) is 4.39 Å². The molecular weight excluding hydrogens is 377 g/mol. The molecule has 1 unspecified atom stereocenters. The first-order valence-corrected chi connectivity index (χ1v) is 9.27. The molecule has 0 saturated heterocycles. The fraction of sp³-hybridized carbons (Fsp3) is 0.286. The molecule has 0 spiro atoms. The Hall–Kier alpha value is -3.26. The molecule has 1 amide bonds. The van der Waals surface area contributed by atoms with E-state index in [0.717, 1.165) is 11.1 Å². The fourth-order valence-electron chi connectivity index (χ4n) is 3.13. The predicted octanol–water partition coefficient (Wildman–Crippen LogP) is 1.96. The van der Waals surface area contributed by atoms with Crippen LogP contribution in [0.25, 0.3) is 11.0 Å². The quantitative estimate of drug-likeness (QED) is 0.588. The highest BCUT2D eigenvalue weighted by molar-refractivity contribution is 6.01. The van der Waals surface area contributed by atoms with Crippen LogP contribution in [0.3, 0.4) is 0 Å². The van der Waals surface area contributed by atoms with Crippen molar-refractivity contribution in [3.05, 3.63) is 69.4 Å². The Bertz CT molecular complexity index is 1110. The minimum absolute atomic E-state index is 0.0497. The topological polar surface area (TPSA) is 104 Å². The molecule has 0 aliphatic rings. The molecule has 0 fully saturated rings. The van der Waals surface area contributed by atoms with Gasteiger partial charge in [0.05, 0.1) is 11.6 Å². The molecule has 1 atom stereocenters. The summed E-state index contributed by atoms with van der Waals surface area (Å²) in [6.07, 6.45) is 1.23. The number of fused-ring (bicyclic) bond motifs is 1. The number of nitrogens with one attached hydrogen (secondary N) is 1. The van der Waals surface area contributed by atoms with Crippen molar-refractivity contribution in [2.75, 3.05) is 6.54 Å². The third kappa shape index (κ3) is 4.27. The molecule has 29 heavy (non-hydrogen) atoms. The maximum absolute atomic E-state index is 13.1. The highest BCUT2D eigenvalue weighted by Crippen LogP contribution is 2.26. The minimum atomic E-state index is -0.790. The first kappa shape index (κ1) is 20.5. The van der Waals surface area contributed by atoms with Crippen molar-refractivity contribution < 1.29 is 19.4 Å². The molecule has 8 heteroatoms. The number of pyridine rings is 2. The van der Waals surface area contributed by atoms with Gasteiger partial charge in [0.25, 0.3) is 11.5 Å². The second kappa shape index (κ2) is 8.40. The summed E-state index contributed by atoms with van der Waals surface area (Å²) in [5.41, 5.74) is 1.14. The summed E-state index contributed by atoms with van der Waals surface area (Å²) in [6, 6.07) is 7.80. The normalized spacial score (nSPS) is 12.1. The molecule has 0 aliphatic heterocycles. The van der Waals surface area contributed by atoms with Crippen LogP contribution < -0.4 is 10.9 Å². The van der Waals surface area contributed by atoms with Crippen LogP contribution in [-0.4, -0.2) is 38.3 Å². The number of nitrogens with zero attached hydrogens (tertiary/aromatic N) is 2. The molecule has 0 aliphatic carbocycles. The Kier molecular flexibility index (Phi) is 5.93. The number of hydrogen-bond acceptors (Lipinski definition) is 5. The molecule has 0 radical (unpaired) electrons. The van der Waals surface area contributed by atoms with Gasteiger partial charge in [0, 0.05) is 19.3 Å². The average molecular weight is 399 g/mol. The molecule has 3 aromatic rings. The molecule has 0 bridgehead atoms. The minimum Gasteiger partial charge on any atom is -0.505 e. The van der Waals surface area contributed by atoms with Crippen molar-refractivity contribution in [2.45, 2.75) is 32.9 Å². The Morgan fingerprint density at radius 3 is 2.59 bits per heavy atom. The van der Waals surface area contributed by atoms with E-state index in [1.807, 2.05) is 0 Å². The molecule has 1 aromatic carbocycles. The van der Waals surface area contributed by atoms with Gasteiger partial charge in [-0.2, -0.15) is 0 Å². The maximum atomic E-state index is 13.1. The lowest BCUT2D eigenvalue weighted by molar-refractivity contribution is 0.0919.